The minimum absolute atomic E-state index is 0.0653. The van der Waals surface area contributed by atoms with Gasteiger partial charge in [0.15, 0.2) is 0 Å². The van der Waals surface area contributed by atoms with Crippen molar-refractivity contribution < 1.29 is 27.5 Å². The lowest BCUT2D eigenvalue weighted by Crippen LogP contribution is -2.60. The number of sulfonamides is 1. The van der Waals surface area contributed by atoms with E-state index in [2.05, 4.69) is 5.10 Å². The third-order valence-corrected chi connectivity index (χ3v) is 7.58. The van der Waals surface area contributed by atoms with Crippen LogP contribution < -0.4 is 0 Å². The fourth-order valence-corrected chi connectivity index (χ4v) is 5.95. The van der Waals surface area contributed by atoms with Crippen molar-refractivity contribution in [3.63, 3.8) is 0 Å². The van der Waals surface area contributed by atoms with Crippen molar-refractivity contribution in [3.05, 3.63) is 46.7 Å². The molecule has 1 fully saturated rings. The van der Waals surface area contributed by atoms with Crippen LogP contribution in [0.3, 0.4) is 0 Å². The topological polar surface area (TPSA) is 111 Å². The van der Waals surface area contributed by atoms with Gasteiger partial charge < -0.3 is 14.4 Å². The van der Waals surface area contributed by atoms with Gasteiger partial charge >= 0.3 is 12.2 Å². The summed E-state index contributed by atoms with van der Waals surface area (Å²) in [4.78, 5) is 25.8. The molecule has 3 heterocycles. The molecule has 2 atom stereocenters. The van der Waals surface area contributed by atoms with Crippen molar-refractivity contribution in [1.82, 2.24) is 19.0 Å². The SMILES string of the molecule is COC(=O)N1CC2Cc3c(cnn3C(=O)OC)C(C1)N2S(=O)(=O)c1ccc(Cl)cc1. The summed E-state index contributed by atoms with van der Waals surface area (Å²) in [6, 6.07) is 4.56. The monoisotopic (exact) mass is 454 g/mol. The Hall–Kier alpha value is -2.63. The number of hydrogen-bond donors (Lipinski definition) is 0. The van der Waals surface area contributed by atoms with Crippen LogP contribution in [-0.4, -0.2) is 72.9 Å². The Morgan fingerprint density at radius 1 is 1.10 bits per heavy atom. The molecule has 0 N–H and O–H groups in total. The number of ether oxygens (including phenoxy) is 2. The Bertz CT molecular complexity index is 1100. The molecular weight excluding hydrogens is 436 g/mol. The van der Waals surface area contributed by atoms with Crippen molar-refractivity contribution in [2.75, 3.05) is 27.3 Å². The van der Waals surface area contributed by atoms with Gasteiger partial charge in [-0.05, 0) is 24.3 Å². The van der Waals surface area contributed by atoms with Gasteiger partial charge in [0.2, 0.25) is 10.0 Å². The molecule has 10 nitrogen and oxygen atoms in total. The average Bonchev–Trinajstić information content (AvgIpc) is 3.15. The summed E-state index contributed by atoms with van der Waals surface area (Å²) in [5.74, 6) is 0. The van der Waals surface area contributed by atoms with E-state index >= 15 is 0 Å². The standard InChI is InChI=1S/C18H19ClN4O6S/c1-28-17(24)21-9-12-7-15-14(8-20-22(15)18(25)29-2)16(10-21)23(12)30(26,27)13-5-3-11(19)4-6-13/h3-6,8,12,16H,7,9-10H2,1-2H3. The molecule has 1 amide bonds. The van der Waals surface area contributed by atoms with E-state index in [1.165, 1.54) is 53.9 Å². The lowest BCUT2D eigenvalue weighted by Gasteiger charge is -2.48. The minimum Gasteiger partial charge on any atom is -0.453 e. The van der Waals surface area contributed by atoms with Crippen molar-refractivity contribution >= 4 is 33.8 Å². The van der Waals surface area contributed by atoms with E-state index in [9.17, 15) is 18.0 Å². The zero-order chi connectivity index (χ0) is 21.6. The van der Waals surface area contributed by atoms with E-state index in [4.69, 9.17) is 21.1 Å². The minimum atomic E-state index is -3.91. The van der Waals surface area contributed by atoms with Crippen molar-refractivity contribution in [2.45, 2.75) is 23.4 Å². The lowest BCUT2D eigenvalue weighted by molar-refractivity contribution is 0.0577. The van der Waals surface area contributed by atoms with E-state index in [-0.39, 0.29) is 24.4 Å². The molecule has 0 aliphatic carbocycles. The highest BCUT2D eigenvalue weighted by atomic mass is 35.5. The third kappa shape index (κ3) is 3.22. The zero-order valence-corrected chi connectivity index (χ0v) is 17.8. The van der Waals surface area contributed by atoms with Crippen LogP contribution in [-0.2, 0) is 25.9 Å². The van der Waals surface area contributed by atoms with Gasteiger partial charge in [-0.15, -0.1) is 0 Å². The summed E-state index contributed by atoms with van der Waals surface area (Å²) in [6.45, 7) is 0.178. The van der Waals surface area contributed by atoms with Gasteiger partial charge in [0.05, 0.1) is 37.0 Å². The maximum Gasteiger partial charge on any atom is 0.434 e. The molecule has 0 radical (unpaired) electrons. The van der Waals surface area contributed by atoms with Crippen LogP contribution in [0.15, 0.2) is 35.4 Å². The third-order valence-electron chi connectivity index (χ3n) is 5.35. The van der Waals surface area contributed by atoms with Gasteiger partial charge in [0, 0.05) is 36.1 Å². The lowest BCUT2D eigenvalue weighted by atomic mass is 9.92. The van der Waals surface area contributed by atoms with Crippen LogP contribution in [0, 0.1) is 0 Å². The molecule has 30 heavy (non-hydrogen) atoms. The second-order valence-corrected chi connectivity index (χ2v) is 9.25. The van der Waals surface area contributed by atoms with Gasteiger partial charge in [-0.25, -0.2) is 18.0 Å². The molecule has 1 aromatic heterocycles. The molecule has 2 unspecified atom stereocenters. The summed E-state index contributed by atoms with van der Waals surface area (Å²) in [6.07, 6.45) is 0.421. The van der Waals surface area contributed by atoms with Crippen molar-refractivity contribution in [1.29, 1.82) is 0 Å². The first-order chi connectivity index (χ1) is 14.3. The van der Waals surface area contributed by atoms with Crippen molar-refractivity contribution in [2.24, 2.45) is 0 Å². The normalized spacial score (nSPS) is 21.1. The van der Waals surface area contributed by atoms with E-state index in [0.29, 0.717) is 16.3 Å². The Morgan fingerprint density at radius 3 is 2.40 bits per heavy atom. The molecular formula is C18H19ClN4O6S. The van der Waals surface area contributed by atoms with Crippen LogP contribution in [0.25, 0.3) is 0 Å². The molecule has 12 heteroatoms. The number of amides is 1. The fourth-order valence-electron chi connectivity index (χ4n) is 4.05. The van der Waals surface area contributed by atoms with Crippen LogP contribution in [0.1, 0.15) is 17.3 Å². The van der Waals surface area contributed by atoms with E-state index in [1.807, 2.05) is 0 Å². The maximum atomic E-state index is 13.5. The highest BCUT2D eigenvalue weighted by Crippen LogP contribution is 2.41. The second kappa shape index (κ2) is 7.56. The number of fused-ring (bicyclic) bond motifs is 4. The first-order valence-corrected chi connectivity index (χ1v) is 10.9. The fraction of sp³-hybridized carbons (Fsp3) is 0.389. The largest absolute Gasteiger partial charge is 0.453 e. The Morgan fingerprint density at radius 2 is 1.77 bits per heavy atom. The Labute approximate surface area is 178 Å². The van der Waals surface area contributed by atoms with Crippen LogP contribution in [0.2, 0.25) is 5.02 Å². The van der Waals surface area contributed by atoms with E-state index in [1.54, 1.807) is 0 Å². The molecule has 160 valence electrons. The van der Waals surface area contributed by atoms with Crippen molar-refractivity contribution in [3.8, 4) is 0 Å². The molecule has 1 aromatic carbocycles. The molecule has 2 aliphatic rings. The Kier molecular flexibility index (Phi) is 5.20. The summed E-state index contributed by atoms with van der Waals surface area (Å²) in [5, 5.41) is 4.51. The quantitative estimate of drug-likeness (QED) is 0.681. The number of carbonyl (C=O) groups excluding carboxylic acids is 2. The van der Waals surface area contributed by atoms with Gasteiger partial charge in [-0.3, -0.25) is 0 Å². The summed E-state index contributed by atoms with van der Waals surface area (Å²) in [7, 11) is -1.39. The van der Waals surface area contributed by atoms with E-state index in [0.717, 1.165) is 4.68 Å². The maximum absolute atomic E-state index is 13.5. The van der Waals surface area contributed by atoms with Gasteiger partial charge in [0.1, 0.15) is 0 Å². The predicted octanol–water partition coefficient (Wildman–Crippen LogP) is 1.89. The van der Waals surface area contributed by atoms with Gasteiger partial charge in [0.25, 0.3) is 0 Å². The smallest absolute Gasteiger partial charge is 0.434 e. The van der Waals surface area contributed by atoms with Crippen LogP contribution in [0.4, 0.5) is 9.59 Å². The number of benzene rings is 1. The number of nitrogens with zero attached hydrogens (tertiary/aromatic N) is 4. The van der Waals surface area contributed by atoms with Gasteiger partial charge in [-0.1, -0.05) is 11.6 Å². The number of piperazine rings is 1. The first kappa shape index (κ1) is 20.6. The first-order valence-electron chi connectivity index (χ1n) is 9.05. The van der Waals surface area contributed by atoms with Crippen LogP contribution in [0.5, 0.6) is 0 Å². The molecule has 2 aliphatic heterocycles. The molecule has 2 bridgehead atoms. The molecule has 0 spiro atoms. The second-order valence-electron chi connectivity index (χ2n) is 6.97. The van der Waals surface area contributed by atoms with Crippen LogP contribution >= 0.6 is 11.6 Å². The predicted molar refractivity (Wildman–Crippen MR) is 105 cm³/mol. The number of carbonyl (C=O) groups is 2. The molecule has 0 saturated carbocycles. The summed E-state index contributed by atoms with van der Waals surface area (Å²) in [5.41, 5.74) is 1.12. The average molecular weight is 455 g/mol. The summed E-state index contributed by atoms with van der Waals surface area (Å²) >= 11 is 5.91. The number of hydrogen-bond acceptors (Lipinski definition) is 7. The zero-order valence-electron chi connectivity index (χ0n) is 16.2. The number of rotatable bonds is 2. The van der Waals surface area contributed by atoms with Gasteiger partial charge in [-0.2, -0.15) is 14.1 Å². The molecule has 4 rings (SSSR count). The number of aromatic nitrogens is 2. The molecule has 2 aromatic rings. The number of halogens is 1. The highest BCUT2D eigenvalue weighted by molar-refractivity contribution is 7.89. The Balaban J connectivity index is 1.81. The van der Waals surface area contributed by atoms with E-state index < -0.39 is 34.3 Å². The highest BCUT2D eigenvalue weighted by Gasteiger charge is 2.49. The number of methoxy groups -OCH3 is 2. The molecule has 1 saturated heterocycles. The summed E-state index contributed by atoms with van der Waals surface area (Å²) < 4.78 is 39.1.